The number of cyclic esters (lactones) is 1. The van der Waals surface area contributed by atoms with E-state index in [4.69, 9.17) is 9.47 Å². The summed E-state index contributed by atoms with van der Waals surface area (Å²) in [6.07, 6.45) is -0.193. The van der Waals surface area contributed by atoms with Crippen molar-refractivity contribution in [1.82, 2.24) is 5.32 Å². The van der Waals surface area contributed by atoms with Crippen LogP contribution in [0.4, 0.5) is 9.18 Å². The molecule has 1 heterocycles. The molecule has 1 fully saturated rings. The van der Waals surface area contributed by atoms with E-state index in [9.17, 15) is 9.18 Å². The quantitative estimate of drug-likeness (QED) is 0.902. The van der Waals surface area contributed by atoms with E-state index in [1.165, 1.54) is 12.1 Å². The first-order chi connectivity index (χ1) is 11.5. The Balaban J connectivity index is 1.77. The van der Waals surface area contributed by atoms with Crippen LogP contribution < -0.4 is 10.1 Å². The number of hydrogen-bond acceptors (Lipinski definition) is 3. The Morgan fingerprint density at radius 1 is 1.21 bits per heavy atom. The first kappa shape index (κ1) is 16.3. The molecule has 1 amide bonds. The van der Waals surface area contributed by atoms with Crippen LogP contribution in [0.25, 0.3) is 0 Å². The van der Waals surface area contributed by atoms with Gasteiger partial charge in [-0.05, 0) is 55.7 Å². The monoisotopic (exact) mass is 329 g/mol. The Morgan fingerprint density at radius 2 is 1.96 bits per heavy atom. The molecular weight excluding hydrogens is 309 g/mol. The van der Waals surface area contributed by atoms with Crippen LogP contribution in [0.5, 0.6) is 5.75 Å². The van der Waals surface area contributed by atoms with Crippen LogP contribution in [0, 0.1) is 5.82 Å². The van der Waals surface area contributed by atoms with E-state index < -0.39 is 12.2 Å². The molecular formula is C19H20FNO3. The molecule has 1 aliphatic heterocycles. The lowest BCUT2D eigenvalue weighted by Crippen LogP contribution is -2.30. The highest BCUT2D eigenvalue weighted by Gasteiger charge is 2.35. The molecule has 126 valence electrons. The molecule has 2 aromatic rings. The van der Waals surface area contributed by atoms with Gasteiger partial charge in [0.2, 0.25) is 0 Å². The summed E-state index contributed by atoms with van der Waals surface area (Å²) in [7, 11) is 0. The van der Waals surface area contributed by atoms with Gasteiger partial charge in [0.05, 0.1) is 12.1 Å². The lowest BCUT2D eigenvalue weighted by molar-refractivity contribution is 0.132. The fourth-order valence-corrected chi connectivity index (χ4v) is 2.84. The van der Waals surface area contributed by atoms with E-state index >= 15 is 0 Å². The van der Waals surface area contributed by atoms with Crippen LogP contribution in [0.3, 0.4) is 0 Å². The van der Waals surface area contributed by atoms with Crippen molar-refractivity contribution in [3.63, 3.8) is 0 Å². The number of carbonyl (C=O) groups is 1. The lowest BCUT2D eigenvalue weighted by atomic mass is 9.96. The number of amides is 1. The highest BCUT2D eigenvalue weighted by molar-refractivity contribution is 5.70. The fraction of sp³-hybridized carbons (Fsp3) is 0.316. The fourth-order valence-electron chi connectivity index (χ4n) is 2.84. The minimum Gasteiger partial charge on any atom is -0.491 e. The number of rotatable bonds is 5. The molecule has 24 heavy (non-hydrogen) atoms. The molecule has 0 bridgehead atoms. The normalized spacial score (nSPS) is 19.9. The second-order valence-electron chi connectivity index (χ2n) is 6.15. The Morgan fingerprint density at radius 3 is 2.67 bits per heavy atom. The molecule has 3 rings (SSSR count). The average molecular weight is 329 g/mol. The summed E-state index contributed by atoms with van der Waals surface area (Å²) in [5.41, 5.74) is 1.81. The lowest BCUT2D eigenvalue weighted by Gasteiger charge is -2.18. The summed E-state index contributed by atoms with van der Waals surface area (Å²) >= 11 is 0. The minimum atomic E-state index is -0.455. The Kier molecular flexibility index (Phi) is 4.69. The molecule has 0 radical (unpaired) electrons. The number of hydrogen-bond donors (Lipinski definition) is 1. The number of alkyl carbamates (subject to hydrolysis) is 1. The largest absolute Gasteiger partial charge is 0.491 e. The van der Waals surface area contributed by atoms with Crippen molar-refractivity contribution in [2.75, 3.05) is 0 Å². The Bertz CT molecular complexity index is 715. The van der Waals surface area contributed by atoms with E-state index in [0.29, 0.717) is 6.42 Å². The van der Waals surface area contributed by atoms with Gasteiger partial charge in [-0.25, -0.2) is 9.18 Å². The molecule has 2 aromatic carbocycles. The molecule has 0 aliphatic carbocycles. The van der Waals surface area contributed by atoms with Gasteiger partial charge in [-0.15, -0.1) is 0 Å². The molecule has 1 saturated heterocycles. The predicted molar refractivity (Wildman–Crippen MR) is 88.5 cm³/mol. The van der Waals surface area contributed by atoms with Crippen LogP contribution in [0.2, 0.25) is 0 Å². The van der Waals surface area contributed by atoms with Gasteiger partial charge in [0.15, 0.2) is 0 Å². The molecule has 1 aliphatic rings. The van der Waals surface area contributed by atoms with E-state index in [1.54, 1.807) is 12.1 Å². The zero-order valence-electron chi connectivity index (χ0n) is 13.7. The number of benzene rings is 2. The maximum Gasteiger partial charge on any atom is 0.408 e. The van der Waals surface area contributed by atoms with Crippen molar-refractivity contribution in [2.45, 2.75) is 38.5 Å². The van der Waals surface area contributed by atoms with Crippen molar-refractivity contribution in [2.24, 2.45) is 0 Å². The molecule has 1 N–H and O–H groups in total. The maximum absolute atomic E-state index is 13.1. The van der Waals surface area contributed by atoms with E-state index in [2.05, 4.69) is 5.32 Å². The van der Waals surface area contributed by atoms with E-state index in [0.717, 1.165) is 16.9 Å². The molecule has 0 spiro atoms. The van der Waals surface area contributed by atoms with Crippen molar-refractivity contribution in [3.05, 3.63) is 65.5 Å². The summed E-state index contributed by atoms with van der Waals surface area (Å²) in [5, 5.41) is 2.83. The Labute approximate surface area is 140 Å². The van der Waals surface area contributed by atoms with Gasteiger partial charge in [-0.3, -0.25) is 0 Å². The van der Waals surface area contributed by atoms with Gasteiger partial charge < -0.3 is 14.8 Å². The zero-order valence-corrected chi connectivity index (χ0v) is 13.7. The molecule has 0 aromatic heterocycles. The van der Waals surface area contributed by atoms with Crippen LogP contribution in [-0.2, 0) is 11.2 Å². The smallest absolute Gasteiger partial charge is 0.408 e. The van der Waals surface area contributed by atoms with Crippen LogP contribution in [-0.4, -0.2) is 18.2 Å². The summed E-state index contributed by atoms with van der Waals surface area (Å²) in [4.78, 5) is 11.7. The van der Waals surface area contributed by atoms with Crippen molar-refractivity contribution in [1.29, 1.82) is 0 Å². The average Bonchev–Trinajstić information content (AvgIpc) is 2.88. The number of carbonyl (C=O) groups excluding carboxylic acids is 1. The molecule has 2 atom stereocenters. The minimum absolute atomic E-state index is 0.0988. The second kappa shape index (κ2) is 6.91. The third kappa shape index (κ3) is 3.85. The highest BCUT2D eigenvalue weighted by atomic mass is 19.1. The van der Waals surface area contributed by atoms with Gasteiger partial charge in [-0.1, -0.05) is 24.3 Å². The first-order valence-corrected chi connectivity index (χ1v) is 7.99. The summed E-state index contributed by atoms with van der Waals surface area (Å²) in [6, 6.07) is 13.6. The van der Waals surface area contributed by atoms with Gasteiger partial charge >= 0.3 is 6.09 Å². The molecule has 5 heteroatoms. The molecule has 2 unspecified atom stereocenters. The molecule has 0 saturated carbocycles. The summed E-state index contributed by atoms with van der Waals surface area (Å²) in [6.45, 7) is 3.95. The second-order valence-corrected chi connectivity index (χ2v) is 6.15. The Hall–Kier alpha value is -2.56. The first-order valence-electron chi connectivity index (χ1n) is 7.99. The summed E-state index contributed by atoms with van der Waals surface area (Å²) in [5.74, 6) is 0.484. The van der Waals surface area contributed by atoms with Gasteiger partial charge in [-0.2, -0.15) is 0 Å². The highest BCUT2D eigenvalue weighted by Crippen LogP contribution is 2.29. The van der Waals surface area contributed by atoms with Gasteiger partial charge in [0.1, 0.15) is 17.7 Å². The van der Waals surface area contributed by atoms with E-state index in [1.807, 2.05) is 38.1 Å². The van der Waals surface area contributed by atoms with E-state index in [-0.39, 0.29) is 18.0 Å². The zero-order chi connectivity index (χ0) is 17.1. The van der Waals surface area contributed by atoms with Gasteiger partial charge in [0, 0.05) is 0 Å². The van der Waals surface area contributed by atoms with Crippen molar-refractivity contribution in [3.8, 4) is 5.75 Å². The molecule has 4 nitrogen and oxygen atoms in total. The third-order valence-corrected chi connectivity index (χ3v) is 3.83. The maximum atomic E-state index is 13.1. The number of halogens is 1. The topological polar surface area (TPSA) is 47.6 Å². The predicted octanol–water partition coefficient (Wildman–Crippen LogP) is 4.01. The SMILES string of the molecule is CC(C)Oc1cccc(CC2NC(=O)OC2c2ccc(F)cc2)c1. The van der Waals surface area contributed by atoms with Crippen LogP contribution >= 0.6 is 0 Å². The third-order valence-electron chi connectivity index (χ3n) is 3.83. The van der Waals surface area contributed by atoms with Crippen molar-refractivity contribution < 1.29 is 18.7 Å². The van der Waals surface area contributed by atoms with Crippen LogP contribution in [0.1, 0.15) is 31.1 Å². The summed E-state index contributed by atoms with van der Waals surface area (Å²) < 4.78 is 24.2. The number of nitrogens with one attached hydrogen (secondary N) is 1. The van der Waals surface area contributed by atoms with Gasteiger partial charge in [0.25, 0.3) is 0 Å². The standard InChI is InChI=1S/C19H20FNO3/c1-12(2)23-16-5-3-4-13(10-16)11-17-18(24-19(22)21-17)14-6-8-15(20)9-7-14/h3-10,12,17-18H,11H2,1-2H3,(H,21,22). The van der Waals surface area contributed by atoms with Crippen molar-refractivity contribution >= 4 is 6.09 Å². The number of ether oxygens (including phenoxy) is 2. The van der Waals surface area contributed by atoms with Crippen LogP contribution in [0.15, 0.2) is 48.5 Å².